The molecule has 0 spiro atoms. The van der Waals surface area contributed by atoms with Gasteiger partial charge in [0.05, 0.1) is 6.61 Å². The van der Waals surface area contributed by atoms with E-state index in [0.29, 0.717) is 0 Å². The van der Waals surface area contributed by atoms with E-state index in [4.69, 9.17) is 9.84 Å². The molecule has 8 nitrogen and oxygen atoms in total. The number of aliphatic hydroxyl groups excluding tert-OH is 3. The molecule has 8 heteroatoms. The van der Waals surface area contributed by atoms with Crippen molar-refractivity contribution in [3.8, 4) is 0 Å². The molecule has 0 aliphatic carbocycles. The first-order chi connectivity index (χ1) is 8.96. The van der Waals surface area contributed by atoms with Crippen molar-refractivity contribution in [2.24, 2.45) is 10.4 Å². The summed E-state index contributed by atoms with van der Waals surface area (Å²) in [7, 11) is 0. The second kappa shape index (κ2) is 4.97. The summed E-state index contributed by atoms with van der Waals surface area (Å²) in [5.41, 5.74) is -1.34. The van der Waals surface area contributed by atoms with Crippen LogP contribution in [0.15, 0.2) is 4.99 Å². The summed E-state index contributed by atoms with van der Waals surface area (Å²) in [6, 6.07) is -0.777. The van der Waals surface area contributed by atoms with Crippen LogP contribution in [-0.2, 0) is 9.53 Å². The van der Waals surface area contributed by atoms with Gasteiger partial charge in [-0.25, -0.2) is 9.79 Å². The molecule has 19 heavy (non-hydrogen) atoms. The van der Waals surface area contributed by atoms with Crippen molar-refractivity contribution in [2.45, 2.75) is 37.8 Å². The predicted molar refractivity (Wildman–Crippen MR) is 62.5 cm³/mol. The van der Waals surface area contributed by atoms with Crippen molar-refractivity contribution in [1.82, 2.24) is 5.32 Å². The number of aliphatic hydroxyl groups is 3. The van der Waals surface area contributed by atoms with Gasteiger partial charge in [-0.05, 0) is 6.42 Å². The SMILES string of the molecule is CCC1([C@@H]2O[C@H](CO)[C@@H](O)[C@H]2O)C=NC(=O)NC1=O. The number of amides is 3. The standard InChI is InChI=1S/C11H16N2O6/c1-2-11(4-12-10(18)13-9(11)17)8-7(16)6(15)5(3-14)19-8/h4-8,14-16H,2-3H2,1H3,(H,13,17,18)/t5-,6-,7-,8-,11?/m1/s1. The van der Waals surface area contributed by atoms with E-state index in [1.165, 1.54) is 0 Å². The summed E-state index contributed by atoms with van der Waals surface area (Å²) in [5, 5.41) is 30.8. The number of ether oxygens (including phenoxy) is 1. The Balaban J connectivity index is 2.35. The summed E-state index contributed by atoms with van der Waals surface area (Å²) in [4.78, 5) is 26.6. The average Bonchev–Trinajstić information content (AvgIpc) is 2.68. The second-order valence-electron chi connectivity index (χ2n) is 4.67. The Labute approximate surface area is 109 Å². The Morgan fingerprint density at radius 2 is 2.11 bits per heavy atom. The van der Waals surface area contributed by atoms with Gasteiger partial charge in [0, 0.05) is 6.21 Å². The summed E-state index contributed by atoms with van der Waals surface area (Å²) < 4.78 is 5.36. The average molecular weight is 272 g/mol. The van der Waals surface area contributed by atoms with Gasteiger partial charge in [0.25, 0.3) is 0 Å². The number of carbonyl (C=O) groups is 2. The van der Waals surface area contributed by atoms with Gasteiger partial charge in [0.15, 0.2) is 0 Å². The molecular weight excluding hydrogens is 256 g/mol. The maximum Gasteiger partial charge on any atom is 0.347 e. The number of nitrogens with zero attached hydrogens (tertiary/aromatic N) is 1. The van der Waals surface area contributed by atoms with E-state index in [1.54, 1.807) is 6.92 Å². The van der Waals surface area contributed by atoms with Crippen molar-refractivity contribution in [3.05, 3.63) is 0 Å². The number of aliphatic imine (C=N–C) groups is 1. The fraction of sp³-hybridized carbons (Fsp3) is 0.727. The van der Waals surface area contributed by atoms with Crippen LogP contribution >= 0.6 is 0 Å². The zero-order valence-corrected chi connectivity index (χ0v) is 10.3. The highest BCUT2D eigenvalue weighted by molar-refractivity contribution is 6.12. The largest absolute Gasteiger partial charge is 0.394 e. The molecule has 2 rings (SSSR count). The highest BCUT2D eigenvalue weighted by Gasteiger charge is 2.56. The van der Waals surface area contributed by atoms with E-state index >= 15 is 0 Å². The van der Waals surface area contributed by atoms with Gasteiger partial charge < -0.3 is 20.1 Å². The Morgan fingerprint density at radius 1 is 1.42 bits per heavy atom. The molecule has 0 saturated carbocycles. The lowest BCUT2D eigenvalue weighted by Gasteiger charge is -2.35. The third kappa shape index (κ3) is 2.06. The zero-order chi connectivity index (χ0) is 14.2. The van der Waals surface area contributed by atoms with Crippen LogP contribution in [0.5, 0.6) is 0 Å². The Morgan fingerprint density at radius 3 is 2.58 bits per heavy atom. The Hall–Kier alpha value is -1.35. The van der Waals surface area contributed by atoms with Gasteiger partial charge in [-0.15, -0.1) is 0 Å². The quantitative estimate of drug-likeness (QED) is 0.479. The predicted octanol–water partition coefficient (Wildman–Crippen LogP) is -1.82. The second-order valence-corrected chi connectivity index (χ2v) is 4.67. The molecule has 2 aliphatic rings. The normalized spacial score (nSPS) is 42.5. The first kappa shape index (κ1) is 14.1. The minimum absolute atomic E-state index is 0.224. The molecule has 3 amide bonds. The van der Waals surface area contributed by atoms with E-state index in [9.17, 15) is 19.8 Å². The van der Waals surface area contributed by atoms with Crippen LogP contribution in [0.25, 0.3) is 0 Å². The fourth-order valence-electron chi connectivity index (χ4n) is 2.46. The molecule has 4 N–H and O–H groups in total. The molecule has 2 heterocycles. The summed E-state index contributed by atoms with van der Waals surface area (Å²) >= 11 is 0. The van der Waals surface area contributed by atoms with Gasteiger partial charge in [0.2, 0.25) is 5.91 Å². The van der Waals surface area contributed by atoms with Crippen LogP contribution in [0.1, 0.15) is 13.3 Å². The first-order valence-electron chi connectivity index (χ1n) is 5.99. The molecule has 0 aromatic carbocycles. The van der Waals surface area contributed by atoms with E-state index in [0.717, 1.165) is 6.21 Å². The first-order valence-corrected chi connectivity index (χ1v) is 5.99. The van der Waals surface area contributed by atoms with Gasteiger partial charge in [-0.1, -0.05) is 6.92 Å². The third-order valence-electron chi connectivity index (χ3n) is 3.69. The van der Waals surface area contributed by atoms with Gasteiger partial charge in [0.1, 0.15) is 29.8 Å². The van der Waals surface area contributed by atoms with Crippen LogP contribution in [0.4, 0.5) is 4.79 Å². The third-order valence-corrected chi connectivity index (χ3v) is 3.69. The molecule has 5 atom stereocenters. The lowest BCUT2D eigenvalue weighted by Crippen LogP contribution is -2.57. The highest BCUT2D eigenvalue weighted by Crippen LogP contribution is 2.37. The lowest BCUT2D eigenvalue weighted by molar-refractivity contribution is -0.137. The van der Waals surface area contributed by atoms with Crippen LogP contribution < -0.4 is 5.32 Å². The number of hydrogen-bond acceptors (Lipinski definition) is 6. The molecule has 1 saturated heterocycles. The molecule has 1 unspecified atom stereocenters. The zero-order valence-electron chi connectivity index (χ0n) is 10.3. The summed E-state index contributed by atoms with van der Waals surface area (Å²) in [6.07, 6.45) is -3.31. The van der Waals surface area contributed by atoms with E-state index in [-0.39, 0.29) is 6.42 Å². The van der Waals surface area contributed by atoms with Crippen molar-refractivity contribution in [3.63, 3.8) is 0 Å². The molecule has 106 valence electrons. The molecular formula is C11H16N2O6. The highest BCUT2D eigenvalue weighted by atomic mass is 16.6. The molecule has 0 bridgehead atoms. The number of rotatable bonds is 3. The summed E-state index contributed by atoms with van der Waals surface area (Å²) in [6.45, 7) is 1.20. The number of imide groups is 1. The maximum absolute atomic E-state index is 12.0. The topological polar surface area (TPSA) is 128 Å². The number of carbonyl (C=O) groups excluding carboxylic acids is 2. The van der Waals surface area contributed by atoms with Crippen LogP contribution in [0.3, 0.4) is 0 Å². The minimum atomic E-state index is -1.34. The number of nitrogens with one attached hydrogen (secondary N) is 1. The number of urea groups is 1. The van der Waals surface area contributed by atoms with Crippen molar-refractivity contribution >= 4 is 18.2 Å². The van der Waals surface area contributed by atoms with Crippen LogP contribution in [0, 0.1) is 5.41 Å². The van der Waals surface area contributed by atoms with Crippen molar-refractivity contribution < 1.29 is 29.6 Å². The Kier molecular flexibility index (Phi) is 3.68. The fourth-order valence-corrected chi connectivity index (χ4v) is 2.46. The van der Waals surface area contributed by atoms with Gasteiger partial charge in [-0.2, -0.15) is 0 Å². The van der Waals surface area contributed by atoms with Gasteiger partial charge in [-0.3, -0.25) is 10.1 Å². The monoisotopic (exact) mass is 272 g/mol. The molecule has 0 aromatic rings. The molecule has 0 aromatic heterocycles. The lowest BCUT2D eigenvalue weighted by atomic mass is 9.76. The van der Waals surface area contributed by atoms with E-state index in [2.05, 4.69) is 10.3 Å². The number of hydrogen-bond donors (Lipinski definition) is 4. The maximum atomic E-state index is 12.0. The molecule has 1 fully saturated rings. The van der Waals surface area contributed by atoms with E-state index < -0.39 is 48.4 Å². The van der Waals surface area contributed by atoms with Crippen molar-refractivity contribution in [2.75, 3.05) is 6.61 Å². The molecule has 0 radical (unpaired) electrons. The summed E-state index contributed by atoms with van der Waals surface area (Å²) in [5.74, 6) is -0.634. The van der Waals surface area contributed by atoms with E-state index in [1.807, 2.05) is 0 Å². The van der Waals surface area contributed by atoms with Crippen molar-refractivity contribution in [1.29, 1.82) is 0 Å². The molecule has 2 aliphatic heterocycles. The van der Waals surface area contributed by atoms with Gasteiger partial charge >= 0.3 is 6.03 Å². The minimum Gasteiger partial charge on any atom is -0.394 e. The smallest absolute Gasteiger partial charge is 0.347 e. The Bertz CT molecular complexity index is 425. The van der Waals surface area contributed by atoms with Crippen LogP contribution in [-0.4, -0.2) is 64.5 Å². The van der Waals surface area contributed by atoms with Crippen LogP contribution in [0.2, 0.25) is 0 Å².